The normalized spacial score (nSPS) is 12.1. The standard InChI is InChI=1S/C27H27Cl4N3O4S/c1-3-23(27(36)32-4-2)33(16-18-13-14-20(28)22(30)15-18)25(35)17-34(24-12-8-11-21(29)26(24)31)39(37,38)19-9-6-5-7-10-19/h5-15,23H,3-4,16-17H2,1-2H3,(H,32,36)/t23-/m0/s1. The van der Waals surface area contributed by atoms with Crippen LogP contribution in [0.4, 0.5) is 5.69 Å². The molecule has 1 N–H and O–H groups in total. The van der Waals surface area contributed by atoms with E-state index in [1.165, 1.54) is 29.2 Å². The number of nitrogens with zero attached hydrogens (tertiary/aromatic N) is 2. The van der Waals surface area contributed by atoms with Gasteiger partial charge in [0.15, 0.2) is 0 Å². The Balaban J connectivity index is 2.10. The third-order valence-electron chi connectivity index (χ3n) is 5.88. The first-order valence-corrected chi connectivity index (χ1v) is 15.0. The maximum Gasteiger partial charge on any atom is 0.264 e. The van der Waals surface area contributed by atoms with Crippen LogP contribution in [0.3, 0.4) is 0 Å². The highest BCUT2D eigenvalue weighted by atomic mass is 35.5. The lowest BCUT2D eigenvalue weighted by atomic mass is 10.1. The molecule has 3 aromatic carbocycles. The monoisotopic (exact) mass is 629 g/mol. The van der Waals surface area contributed by atoms with Gasteiger partial charge in [0, 0.05) is 13.1 Å². The molecule has 0 bridgehead atoms. The zero-order valence-electron chi connectivity index (χ0n) is 21.2. The molecule has 0 unspecified atom stereocenters. The summed E-state index contributed by atoms with van der Waals surface area (Å²) >= 11 is 24.9. The molecule has 0 aromatic heterocycles. The second kappa shape index (κ2) is 13.7. The summed E-state index contributed by atoms with van der Waals surface area (Å²) in [6.07, 6.45) is 0.280. The van der Waals surface area contributed by atoms with E-state index in [1.54, 1.807) is 56.3 Å². The highest BCUT2D eigenvalue weighted by Crippen LogP contribution is 2.35. The second-order valence-electron chi connectivity index (χ2n) is 8.49. The van der Waals surface area contributed by atoms with E-state index >= 15 is 0 Å². The number of carbonyl (C=O) groups excluding carboxylic acids is 2. The van der Waals surface area contributed by atoms with Crippen molar-refractivity contribution >= 4 is 73.9 Å². The predicted octanol–water partition coefficient (Wildman–Crippen LogP) is 6.44. The molecule has 39 heavy (non-hydrogen) atoms. The molecule has 7 nitrogen and oxygen atoms in total. The molecule has 0 aliphatic carbocycles. The topological polar surface area (TPSA) is 86.8 Å². The van der Waals surface area contributed by atoms with Gasteiger partial charge in [0.2, 0.25) is 11.8 Å². The van der Waals surface area contributed by atoms with E-state index in [1.807, 2.05) is 0 Å². The van der Waals surface area contributed by atoms with Crippen LogP contribution in [-0.4, -0.2) is 44.3 Å². The summed E-state index contributed by atoms with van der Waals surface area (Å²) in [6.45, 7) is 3.23. The third kappa shape index (κ3) is 7.38. The van der Waals surface area contributed by atoms with Crippen LogP contribution in [0.15, 0.2) is 71.6 Å². The van der Waals surface area contributed by atoms with E-state index in [0.29, 0.717) is 17.1 Å². The first kappa shape index (κ1) is 31.0. The van der Waals surface area contributed by atoms with Crippen molar-refractivity contribution in [2.24, 2.45) is 0 Å². The van der Waals surface area contributed by atoms with E-state index in [9.17, 15) is 18.0 Å². The van der Waals surface area contributed by atoms with Crippen LogP contribution in [0.5, 0.6) is 0 Å². The number of nitrogens with one attached hydrogen (secondary N) is 1. The number of hydrogen-bond acceptors (Lipinski definition) is 4. The van der Waals surface area contributed by atoms with Crippen molar-refractivity contribution in [1.82, 2.24) is 10.2 Å². The summed E-state index contributed by atoms with van der Waals surface area (Å²) in [6, 6.07) is 16.2. The fourth-order valence-electron chi connectivity index (χ4n) is 3.96. The van der Waals surface area contributed by atoms with Gasteiger partial charge in [-0.05, 0) is 55.3 Å². The maximum atomic E-state index is 14.0. The summed E-state index contributed by atoms with van der Waals surface area (Å²) in [5.74, 6) is -0.999. The number of likely N-dealkylation sites (N-methyl/N-ethyl adjacent to an activating group) is 1. The van der Waals surface area contributed by atoms with Crippen molar-refractivity contribution in [2.75, 3.05) is 17.4 Å². The summed E-state index contributed by atoms with van der Waals surface area (Å²) in [5, 5.41) is 3.46. The minimum absolute atomic E-state index is 0.0200. The SMILES string of the molecule is CCNC(=O)[C@H](CC)N(Cc1ccc(Cl)c(Cl)c1)C(=O)CN(c1cccc(Cl)c1Cl)S(=O)(=O)c1ccccc1. The number of hydrogen-bond donors (Lipinski definition) is 1. The first-order chi connectivity index (χ1) is 18.5. The van der Waals surface area contributed by atoms with Gasteiger partial charge in [0.1, 0.15) is 12.6 Å². The van der Waals surface area contributed by atoms with Crippen LogP contribution in [0.25, 0.3) is 0 Å². The number of rotatable bonds is 11. The summed E-state index contributed by atoms with van der Waals surface area (Å²) in [7, 11) is -4.27. The lowest BCUT2D eigenvalue weighted by Gasteiger charge is -2.33. The van der Waals surface area contributed by atoms with Gasteiger partial charge in [0.05, 0.1) is 30.7 Å². The van der Waals surface area contributed by atoms with Crippen LogP contribution < -0.4 is 9.62 Å². The molecule has 208 valence electrons. The molecule has 0 aliphatic rings. The molecule has 0 radical (unpaired) electrons. The van der Waals surface area contributed by atoms with Crippen molar-refractivity contribution in [1.29, 1.82) is 0 Å². The minimum atomic E-state index is -4.27. The van der Waals surface area contributed by atoms with Crippen molar-refractivity contribution < 1.29 is 18.0 Å². The molecule has 1 atom stereocenters. The van der Waals surface area contributed by atoms with Crippen LogP contribution in [0, 0.1) is 0 Å². The first-order valence-electron chi connectivity index (χ1n) is 12.0. The number of anilines is 1. The Morgan fingerprint density at radius 1 is 0.872 bits per heavy atom. The largest absolute Gasteiger partial charge is 0.355 e. The van der Waals surface area contributed by atoms with Gasteiger partial charge in [0.25, 0.3) is 10.0 Å². The molecular formula is C27H27Cl4N3O4S. The van der Waals surface area contributed by atoms with Crippen LogP contribution >= 0.6 is 46.4 Å². The zero-order chi connectivity index (χ0) is 28.7. The quantitative estimate of drug-likeness (QED) is 0.264. The number of benzene rings is 3. The molecule has 0 saturated carbocycles. The van der Waals surface area contributed by atoms with Crippen molar-refractivity contribution in [2.45, 2.75) is 37.8 Å². The molecule has 0 saturated heterocycles. The Morgan fingerprint density at radius 2 is 1.56 bits per heavy atom. The van der Waals surface area contributed by atoms with E-state index in [2.05, 4.69) is 5.32 Å². The summed E-state index contributed by atoms with van der Waals surface area (Å²) in [4.78, 5) is 28.2. The van der Waals surface area contributed by atoms with E-state index in [4.69, 9.17) is 46.4 Å². The molecule has 0 fully saturated rings. The Bertz CT molecular complexity index is 1440. The van der Waals surface area contributed by atoms with Gasteiger partial charge in [-0.3, -0.25) is 13.9 Å². The van der Waals surface area contributed by atoms with Crippen LogP contribution in [0.2, 0.25) is 20.1 Å². The average molecular weight is 631 g/mol. The van der Waals surface area contributed by atoms with Gasteiger partial charge in [-0.15, -0.1) is 0 Å². The Morgan fingerprint density at radius 3 is 2.18 bits per heavy atom. The van der Waals surface area contributed by atoms with Crippen LogP contribution in [0.1, 0.15) is 25.8 Å². The van der Waals surface area contributed by atoms with Gasteiger partial charge < -0.3 is 10.2 Å². The number of halogens is 4. The molecular weight excluding hydrogens is 604 g/mol. The zero-order valence-corrected chi connectivity index (χ0v) is 25.0. The van der Waals surface area contributed by atoms with Gasteiger partial charge in [-0.1, -0.05) is 83.7 Å². The highest BCUT2D eigenvalue weighted by molar-refractivity contribution is 7.92. The lowest BCUT2D eigenvalue weighted by molar-refractivity contribution is -0.140. The highest BCUT2D eigenvalue weighted by Gasteiger charge is 2.34. The van der Waals surface area contributed by atoms with Crippen LogP contribution in [-0.2, 0) is 26.2 Å². The minimum Gasteiger partial charge on any atom is -0.355 e. The van der Waals surface area contributed by atoms with E-state index in [0.717, 1.165) is 4.31 Å². The van der Waals surface area contributed by atoms with Crippen molar-refractivity contribution in [3.8, 4) is 0 Å². The Hall–Kier alpha value is -2.49. The average Bonchev–Trinajstić information content (AvgIpc) is 2.91. The molecule has 3 rings (SSSR count). The summed E-state index contributed by atoms with van der Waals surface area (Å²) < 4.78 is 28.5. The lowest BCUT2D eigenvalue weighted by Crippen LogP contribution is -2.52. The predicted molar refractivity (Wildman–Crippen MR) is 157 cm³/mol. The number of amides is 2. The van der Waals surface area contributed by atoms with E-state index < -0.39 is 28.5 Å². The molecule has 0 heterocycles. The van der Waals surface area contributed by atoms with Gasteiger partial charge >= 0.3 is 0 Å². The Kier molecular flexibility index (Phi) is 10.9. The number of sulfonamides is 1. The van der Waals surface area contributed by atoms with Gasteiger partial charge in [-0.25, -0.2) is 8.42 Å². The molecule has 12 heteroatoms. The summed E-state index contributed by atoms with van der Waals surface area (Å²) in [5.41, 5.74) is 0.640. The third-order valence-corrected chi connectivity index (χ3v) is 9.21. The molecule has 2 amide bonds. The fourth-order valence-corrected chi connectivity index (χ4v) is 6.18. The molecule has 3 aromatic rings. The number of carbonyl (C=O) groups is 2. The second-order valence-corrected chi connectivity index (χ2v) is 11.9. The maximum absolute atomic E-state index is 14.0. The fraction of sp³-hybridized carbons (Fsp3) is 0.259. The van der Waals surface area contributed by atoms with Crippen molar-refractivity contribution in [3.63, 3.8) is 0 Å². The van der Waals surface area contributed by atoms with Crippen molar-refractivity contribution in [3.05, 3.63) is 92.4 Å². The van der Waals surface area contributed by atoms with E-state index in [-0.39, 0.29) is 44.5 Å². The molecule has 0 spiro atoms. The molecule has 0 aliphatic heterocycles. The van der Waals surface area contributed by atoms with Gasteiger partial charge in [-0.2, -0.15) is 0 Å². The Labute approximate surface area is 248 Å². The smallest absolute Gasteiger partial charge is 0.264 e.